The number of amides is 1. The van der Waals surface area contributed by atoms with Crippen LogP contribution in [-0.2, 0) is 17.8 Å². The van der Waals surface area contributed by atoms with E-state index < -0.39 is 0 Å². The standard InChI is InChI=1S/C15H17NO2S/c1-2-18-13-7-5-12(6-8-13)11-16-15(17)10-14-4-3-9-19-14/h3-9H,2,10-11H2,1H3,(H,16,17). The molecule has 0 aliphatic rings. The van der Waals surface area contributed by atoms with E-state index in [2.05, 4.69) is 5.32 Å². The van der Waals surface area contributed by atoms with Crippen LogP contribution in [0.4, 0.5) is 0 Å². The van der Waals surface area contributed by atoms with Crippen LogP contribution in [0.1, 0.15) is 17.4 Å². The minimum Gasteiger partial charge on any atom is -0.494 e. The number of carbonyl (C=O) groups is 1. The van der Waals surface area contributed by atoms with Crippen molar-refractivity contribution in [2.75, 3.05) is 6.61 Å². The van der Waals surface area contributed by atoms with E-state index in [1.807, 2.05) is 48.7 Å². The summed E-state index contributed by atoms with van der Waals surface area (Å²) < 4.78 is 5.37. The molecule has 0 unspecified atom stereocenters. The smallest absolute Gasteiger partial charge is 0.225 e. The average molecular weight is 275 g/mol. The maximum Gasteiger partial charge on any atom is 0.225 e. The molecule has 0 aliphatic heterocycles. The van der Waals surface area contributed by atoms with Gasteiger partial charge in [-0.1, -0.05) is 18.2 Å². The van der Waals surface area contributed by atoms with Gasteiger partial charge in [0.05, 0.1) is 13.0 Å². The van der Waals surface area contributed by atoms with Crippen LogP contribution in [0.25, 0.3) is 0 Å². The number of hydrogen-bond acceptors (Lipinski definition) is 3. The van der Waals surface area contributed by atoms with E-state index in [9.17, 15) is 4.79 Å². The van der Waals surface area contributed by atoms with Crippen LogP contribution in [0.3, 0.4) is 0 Å². The summed E-state index contributed by atoms with van der Waals surface area (Å²) in [4.78, 5) is 12.8. The van der Waals surface area contributed by atoms with Crippen molar-refractivity contribution in [2.24, 2.45) is 0 Å². The van der Waals surface area contributed by atoms with Crippen LogP contribution in [0.15, 0.2) is 41.8 Å². The van der Waals surface area contributed by atoms with Crippen molar-refractivity contribution in [3.63, 3.8) is 0 Å². The molecule has 1 amide bonds. The van der Waals surface area contributed by atoms with E-state index in [0.29, 0.717) is 19.6 Å². The summed E-state index contributed by atoms with van der Waals surface area (Å²) in [5, 5.41) is 4.90. The van der Waals surface area contributed by atoms with Crippen molar-refractivity contribution in [1.29, 1.82) is 0 Å². The summed E-state index contributed by atoms with van der Waals surface area (Å²) in [5.74, 6) is 0.910. The van der Waals surface area contributed by atoms with E-state index in [1.165, 1.54) is 0 Å². The number of nitrogens with one attached hydrogen (secondary N) is 1. The number of ether oxygens (including phenoxy) is 1. The fourth-order valence-electron chi connectivity index (χ4n) is 1.70. The van der Waals surface area contributed by atoms with E-state index in [0.717, 1.165) is 16.2 Å². The van der Waals surface area contributed by atoms with Crippen LogP contribution in [0.2, 0.25) is 0 Å². The van der Waals surface area contributed by atoms with Gasteiger partial charge in [0, 0.05) is 11.4 Å². The molecule has 0 saturated heterocycles. The van der Waals surface area contributed by atoms with E-state index in [1.54, 1.807) is 11.3 Å². The van der Waals surface area contributed by atoms with Gasteiger partial charge in [0.15, 0.2) is 0 Å². The maximum atomic E-state index is 11.7. The van der Waals surface area contributed by atoms with Crippen molar-refractivity contribution < 1.29 is 9.53 Å². The Kier molecular flexibility index (Phi) is 4.98. The predicted octanol–water partition coefficient (Wildman–Crippen LogP) is 3.01. The summed E-state index contributed by atoms with van der Waals surface area (Å²) in [7, 11) is 0. The summed E-state index contributed by atoms with van der Waals surface area (Å²) in [5.41, 5.74) is 1.07. The molecule has 0 bridgehead atoms. The zero-order valence-electron chi connectivity index (χ0n) is 10.9. The van der Waals surface area contributed by atoms with E-state index in [-0.39, 0.29) is 5.91 Å². The fourth-order valence-corrected chi connectivity index (χ4v) is 2.41. The lowest BCUT2D eigenvalue weighted by atomic mass is 10.2. The van der Waals surface area contributed by atoms with Gasteiger partial charge in [-0.3, -0.25) is 4.79 Å². The van der Waals surface area contributed by atoms with Gasteiger partial charge in [0.2, 0.25) is 5.91 Å². The molecule has 1 N–H and O–H groups in total. The first-order valence-corrected chi connectivity index (χ1v) is 7.16. The molecule has 19 heavy (non-hydrogen) atoms. The van der Waals surface area contributed by atoms with Crippen LogP contribution >= 0.6 is 11.3 Å². The molecular weight excluding hydrogens is 258 g/mol. The van der Waals surface area contributed by atoms with E-state index >= 15 is 0 Å². The molecule has 0 fully saturated rings. The highest BCUT2D eigenvalue weighted by Crippen LogP contribution is 2.12. The zero-order chi connectivity index (χ0) is 13.5. The molecule has 0 atom stereocenters. The van der Waals surface area contributed by atoms with Gasteiger partial charge in [-0.05, 0) is 36.1 Å². The Morgan fingerprint density at radius 2 is 2.05 bits per heavy atom. The monoisotopic (exact) mass is 275 g/mol. The third-order valence-electron chi connectivity index (χ3n) is 2.64. The summed E-state index contributed by atoms with van der Waals surface area (Å²) in [6.45, 7) is 3.17. The molecule has 4 heteroatoms. The van der Waals surface area contributed by atoms with Gasteiger partial charge in [0.1, 0.15) is 5.75 Å². The number of hydrogen-bond donors (Lipinski definition) is 1. The van der Waals surface area contributed by atoms with Crippen LogP contribution in [0, 0.1) is 0 Å². The quantitative estimate of drug-likeness (QED) is 0.880. The van der Waals surface area contributed by atoms with Crippen molar-refractivity contribution in [3.8, 4) is 5.75 Å². The van der Waals surface area contributed by atoms with Gasteiger partial charge >= 0.3 is 0 Å². The molecule has 100 valence electrons. The molecule has 0 aliphatic carbocycles. The summed E-state index contributed by atoms with van der Waals surface area (Å²) >= 11 is 1.60. The number of thiophene rings is 1. The average Bonchev–Trinajstić information content (AvgIpc) is 2.91. The lowest BCUT2D eigenvalue weighted by Crippen LogP contribution is -2.24. The molecule has 2 aromatic rings. The molecule has 0 saturated carbocycles. The Morgan fingerprint density at radius 1 is 1.26 bits per heavy atom. The highest BCUT2D eigenvalue weighted by atomic mass is 32.1. The SMILES string of the molecule is CCOc1ccc(CNC(=O)Cc2cccs2)cc1. The number of benzene rings is 1. The minimum absolute atomic E-state index is 0.0522. The summed E-state index contributed by atoms with van der Waals surface area (Å²) in [6.07, 6.45) is 0.453. The second-order valence-electron chi connectivity index (χ2n) is 4.11. The fraction of sp³-hybridized carbons (Fsp3) is 0.267. The Balaban J connectivity index is 1.79. The van der Waals surface area contributed by atoms with Gasteiger partial charge in [0.25, 0.3) is 0 Å². The van der Waals surface area contributed by atoms with Crippen molar-refractivity contribution >= 4 is 17.2 Å². The molecular formula is C15H17NO2S. The van der Waals surface area contributed by atoms with Crippen molar-refractivity contribution in [1.82, 2.24) is 5.32 Å². The first kappa shape index (κ1) is 13.6. The Labute approximate surface area is 117 Å². The third kappa shape index (κ3) is 4.41. The highest BCUT2D eigenvalue weighted by Gasteiger charge is 2.04. The second kappa shape index (κ2) is 6.95. The van der Waals surface area contributed by atoms with Gasteiger partial charge in [-0.2, -0.15) is 0 Å². The second-order valence-corrected chi connectivity index (χ2v) is 5.14. The Morgan fingerprint density at radius 3 is 2.68 bits per heavy atom. The maximum absolute atomic E-state index is 11.7. The molecule has 2 rings (SSSR count). The zero-order valence-corrected chi connectivity index (χ0v) is 11.7. The van der Waals surface area contributed by atoms with E-state index in [4.69, 9.17) is 4.74 Å². The molecule has 1 aromatic heterocycles. The topological polar surface area (TPSA) is 38.3 Å². The van der Waals surface area contributed by atoms with Gasteiger partial charge < -0.3 is 10.1 Å². The first-order valence-electron chi connectivity index (χ1n) is 6.28. The minimum atomic E-state index is 0.0522. The predicted molar refractivity (Wildman–Crippen MR) is 77.5 cm³/mol. The largest absolute Gasteiger partial charge is 0.494 e. The molecule has 3 nitrogen and oxygen atoms in total. The number of carbonyl (C=O) groups excluding carboxylic acids is 1. The Hall–Kier alpha value is -1.81. The summed E-state index contributed by atoms with van der Waals surface area (Å²) in [6, 6.07) is 11.7. The van der Waals surface area contributed by atoms with Crippen molar-refractivity contribution in [2.45, 2.75) is 19.9 Å². The Bertz CT molecular complexity index is 505. The molecule has 0 radical (unpaired) electrons. The number of rotatable bonds is 6. The van der Waals surface area contributed by atoms with Crippen molar-refractivity contribution in [3.05, 3.63) is 52.2 Å². The third-order valence-corrected chi connectivity index (χ3v) is 3.52. The van der Waals surface area contributed by atoms with Crippen LogP contribution in [0.5, 0.6) is 5.75 Å². The molecule has 1 aromatic carbocycles. The molecule has 1 heterocycles. The lowest BCUT2D eigenvalue weighted by molar-refractivity contribution is -0.120. The van der Waals surface area contributed by atoms with Gasteiger partial charge in [-0.15, -0.1) is 11.3 Å². The lowest BCUT2D eigenvalue weighted by Gasteiger charge is -2.06. The molecule has 0 spiro atoms. The van der Waals surface area contributed by atoms with Crippen LogP contribution < -0.4 is 10.1 Å². The first-order chi connectivity index (χ1) is 9.28. The highest BCUT2D eigenvalue weighted by molar-refractivity contribution is 7.10. The van der Waals surface area contributed by atoms with Gasteiger partial charge in [-0.25, -0.2) is 0 Å². The van der Waals surface area contributed by atoms with Crippen LogP contribution in [-0.4, -0.2) is 12.5 Å². The normalized spacial score (nSPS) is 10.2.